The summed E-state index contributed by atoms with van der Waals surface area (Å²) in [6.45, 7) is 0.929. The number of para-hydroxylation sites is 1. The predicted molar refractivity (Wildman–Crippen MR) is 83.3 cm³/mol. The maximum atomic E-state index is 6.25. The van der Waals surface area contributed by atoms with Gasteiger partial charge in [-0.05, 0) is 50.3 Å². The Bertz CT molecular complexity index is 546. The van der Waals surface area contributed by atoms with Crippen LogP contribution in [0, 0.1) is 0 Å². The highest BCUT2D eigenvalue weighted by Crippen LogP contribution is 2.21. The van der Waals surface area contributed by atoms with Crippen molar-refractivity contribution in [1.82, 2.24) is 9.78 Å². The predicted octanol–water partition coefficient (Wildman–Crippen LogP) is 3.22. The van der Waals surface area contributed by atoms with Crippen LogP contribution in [-0.2, 0) is 4.74 Å². The molecule has 112 valence electrons. The summed E-state index contributed by atoms with van der Waals surface area (Å²) >= 11 is 0. The molecule has 4 heteroatoms. The molecule has 0 spiro atoms. The zero-order chi connectivity index (χ0) is 14.5. The number of hydrogen-bond donors (Lipinski definition) is 1. The van der Waals surface area contributed by atoms with Gasteiger partial charge in [0.1, 0.15) is 0 Å². The summed E-state index contributed by atoms with van der Waals surface area (Å²) in [5.41, 5.74) is 8.28. The molecular formula is C17H23N3O. The van der Waals surface area contributed by atoms with E-state index in [2.05, 4.69) is 5.10 Å². The molecule has 1 aromatic heterocycles. The van der Waals surface area contributed by atoms with E-state index in [0.717, 1.165) is 37.3 Å². The van der Waals surface area contributed by atoms with Gasteiger partial charge in [0.2, 0.25) is 0 Å². The summed E-state index contributed by atoms with van der Waals surface area (Å²) in [5, 5.41) is 4.59. The van der Waals surface area contributed by atoms with Crippen molar-refractivity contribution >= 4 is 0 Å². The molecule has 2 atom stereocenters. The molecule has 2 aromatic rings. The van der Waals surface area contributed by atoms with Crippen LogP contribution >= 0.6 is 0 Å². The second-order valence-corrected chi connectivity index (χ2v) is 5.69. The van der Waals surface area contributed by atoms with Crippen LogP contribution in [0.3, 0.4) is 0 Å². The van der Waals surface area contributed by atoms with Crippen molar-refractivity contribution in [2.45, 2.75) is 44.2 Å². The summed E-state index contributed by atoms with van der Waals surface area (Å²) in [4.78, 5) is 0. The Hall–Kier alpha value is -1.65. The average molecular weight is 285 g/mol. The summed E-state index contributed by atoms with van der Waals surface area (Å²) in [6.07, 6.45) is 8.03. The Morgan fingerprint density at radius 3 is 2.90 bits per heavy atom. The van der Waals surface area contributed by atoms with Crippen molar-refractivity contribution in [2.75, 3.05) is 6.61 Å². The van der Waals surface area contributed by atoms with Crippen molar-refractivity contribution < 1.29 is 4.74 Å². The van der Waals surface area contributed by atoms with E-state index in [0.29, 0.717) is 6.10 Å². The van der Waals surface area contributed by atoms with Gasteiger partial charge in [-0.25, -0.2) is 4.68 Å². The van der Waals surface area contributed by atoms with E-state index >= 15 is 0 Å². The standard InChI is InChI=1S/C17H23N3O/c18-16(10-4-8-15-9-5-13-21-15)17-11-12-20(19-17)14-6-2-1-3-7-14/h1-3,6-7,11-12,15-16H,4-5,8-10,13,18H2. The number of ether oxygens (including phenoxy) is 1. The summed E-state index contributed by atoms with van der Waals surface area (Å²) in [5.74, 6) is 0. The van der Waals surface area contributed by atoms with Crippen molar-refractivity contribution in [1.29, 1.82) is 0 Å². The normalized spacial score (nSPS) is 19.8. The van der Waals surface area contributed by atoms with Gasteiger partial charge in [-0.15, -0.1) is 0 Å². The molecule has 3 rings (SSSR count). The number of nitrogens with two attached hydrogens (primary N) is 1. The Morgan fingerprint density at radius 1 is 1.29 bits per heavy atom. The maximum Gasteiger partial charge on any atom is 0.0796 e. The molecule has 1 fully saturated rings. The van der Waals surface area contributed by atoms with Gasteiger partial charge in [0.05, 0.1) is 17.5 Å². The SMILES string of the molecule is NC(CCCC1CCCO1)c1ccn(-c2ccccc2)n1. The molecule has 1 saturated heterocycles. The fraction of sp³-hybridized carbons (Fsp3) is 0.471. The van der Waals surface area contributed by atoms with E-state index < -0.39 is 0 Å². The third-order valence-electron chi connectivity index (χ3n) is 4.08. The van der Waals surface area contributed by atoms with Gasteiger partial charge in [0, 0.05) is 18.8 Å². The first-order valence-corrected chi connectivity index (χ1v) is 7.81. The fourth-order valence-corrected chi connectivity index (χ4v) is 2.85. The molecule has 0 amide bonds. The molecule has 1 aliphatic rings. The first-order chi connectivity index (χ1) is 10.3. The second kappa shape index (κ2) is 6.87. The van der Waals surface area contributed by atoms with Crippen LogP contribution < -0.4 is 5.73 Å². The van der Waals surface area contributed by atoms with Crippen LogP contribution in [-0.4, -0.2) is 22.5 Å². The first kappa shape index (κ1) is 14.3. The van der Waals surface area contributed by atoms with Crippen LogP contribution in [0.1, 0.15) is 43.8 Å². The summed E-state index contributed by atoms with van der Waals surface area (Å²) in [6, 6.07) is 12.1. The molecule has 4 nitrogen and oxygen atoms in total. The monoisotopic (exact) mass is 285 g/mol. The minimum atomic E-state index is 0.0105. The van der Waals surface area contributed by atoms with Crippen molar-refractivity contribution in [3.63, 3.8) is 0 Å². The average Bonchev–Trinajstić information content (AvgIpc) is 3.20. The van der Waals surface area contributed by atoms with Gasteiger partial charge < -0.3 is 10.5 Å². The third kappa shape index (κ3) is 3.71. The fourth-order valence-electron chi connectivity index (χ4n) is 2.85. The molecule has 2 N–H and O–H groups in total. The highest BCUT2D eigenvalue weighted by atomic mass is 16.5. The quantitative estimate of drug-likeness (QED) is 0.886. The van der Waals surface area contributed by atoms with Crippen LogP contribution in [0.15, 0.2) is 42.6 Å². The molecule has 1 aromatic carbocycles. The zero-order valence-electron chi connectivity index (χ0n) is 12.3. The van der Waals surface area contributed by atoms with Gasteiger partial charge in [-0.3, -0.25) is 0 Å². The van der Waals surface area contributed by atoms with Gasteiger partial charge in [-0.2, -0.15) is 5.10 Å². The van der Waals surface area contributed by atoms with Gasteiger partial charge in [0.15, 0.2) is 0 Å². The van der Waals surface area contributed by atoms with Gasteiger partial charge in [-0.1, -0.05) is 18.2 Å². The number of benzene rings is 1. The molecular weight excluding hydrogens is 262 g/mol. The molecule has 0 radical (unpaired) electrons. The largest absolute Gasteiger partial charge is 0.378 e. The van der Waals surface area contributed by atoms with E-state index in [1.165, 1.54) is 12.8 Å². The highest BCUT2D eigenvalue weighted by molar-refractivity contribution is 5.30. The minimum Gasteiger partial charge on any atom is -0.378 e. The van der Waals surface area contributed by atoms with Crippen molar-refractivity contribution in [3.05, 3.63) is 48.3 Å². The van der Waals surface area contributed by atoms with Crippen LogP contribution in [0.4, 0.5) is 0 Å². The smallest absolute Gasteiger partial charge is 0.0796 e. The lowest BCUT2D eigenvalue weighted by molar-refractivity contribution is 0.101. The van der Waals surface area contributed by atoms with E-state index in [1.54, 1.807) is 0 Å². The lowest BCUT2D eigenvalue weighted by Crippen LogP contribution is -2.13. The van der Waals surface area contributed by atoms with Crippen LogP contribution in [0.5, 0.6) is 0 Å². The first-order valence-electron chi connectivity index (χ1n) is 7.81. The maximum absolute atomic E-state index is 6.25. The summed E-state index contributed by atoms with van der Waals surface area (Å²) < 4.78 is 7.53. The number of aromatic nitrogens is 2. The Morgan fingerprint density at radius 2 is 2.14 bits per heavy atom. The van der Waals surface area contributed by atoms with Gasteiger partial charge in [0.25, 0.3) is 0 Å². The molecule has 2 heterocycles. The third-order valence-corrected chi connectivity index (χ3v) is 4.08. The highest BCUT2D eigenvalue weighted by Gasteiger charge is 2.16. The molecule has 0 aliphatic carbocycles. The lowest BCUT2D eigenvalue weighted by Gasteiger charge is -2.12. The van der Waals surface area contributed by atoms with E-state index in [1.807, 2.05) is 47.3 Å². The van der Waals surface area contributed by atoms with Crippen LogP contribution in [0.25, 0.3) is 5.69 Å². The minimum absolute atomic E-state index is 0.0105. The Balaban J connectivity index is 1.53. The Labute approximate surface area is 125 Å². The topological polar surface area (TPSA) is 53.1 Å². The van der Waals surface area contributed by atoms with E-state index in [-0.39, 0.29) is 6.04 Å². The zero-order valence-corrected chi connectivity index (χ0v) is 12.3. The van der Waals surface area contributed by atoms with Crippen LogP contribution in [0.2, 0.25) is 0 Å². The number of nitrogens with zero attached hydrogens (tertiary/aromatic N) is 2. The van der Waals surface area contributed by atoms with Crippen molar-refractivity contribution in [3.8, 4) is 5.69 Å². The lowest BCUT2D eigenvalue weighted by atomic mass is 10.0. The molecule has 0 bridgehead atoms. The molecule has 0 saturated carbocycles. The molecule has 2 unspecified atom stereocenters. The summed E-state index contributed by atoms with van der Waals surface area (Å²) in [7, 11) is 0. The van der Waals surface area contributed by atoms with Crippen molar-refractivity contribution in [2.24, 2.45) is 5.73 Å². The number of hydrogen-bond acceptors (Lipinski definition) is 3. The molecule has 1 aliphatic heterocycles. The van der Waals surface area contributed by atoms with E-state index in [9.17, 15) is 0 Å². The van der Waals surface area contributed by atoms with E-state index in [4.69, 9.17) is 10.5 Å². The van der Waals surface area contributed by atoms with Gasteiger partial charge >= 0.3 is 0 Å². The second-order valence-electron chi connectivity index (χ2n) is 5.69. The number of rotatable bonds is 6. The molecule has 21 heavy (non-hydrogen) atoms. The Kier molecular flexibility index (Phi) is 4.68.